The number of nitrogens with two attached hydrogens (primary N) is 2. The van der Waals surface area contributed by atoms with Crippen molar-refractivity contribution in [3.63, 3.8) is 0 Å². The van der Waals surface area contributed by atoms with Crippen molar-refractivity contribution in [1.82, 2.24) is 5.32 Å². The molecule has 0 aliphatic rings. The smallest absolute Gasteiger partial charge is 0.327 e. The van der Waals surface area contributed by atoms with Crippen molar-refractivity contribution in [1.29, 1.82) is 0 Å². The molecule has 0 aromatic rings. The van der Waals surface area contributed by atoms with Crippen LogP contribution in [0, 0.1) is 0 Å². The van der Waals surface area contributed by atoms with E-state index in [1.54, 1.807) is 0 Å². The Morgan fingerprint density at radius 3 is 1.86 bits per heavy atom. The largest absolute Gasteiger partial charge is 0.480 e. The van der Waals surface area contributed by atoms with Gasteiger partial charge in [-0.3, -0.25) is 14.4 Å². The lowest BCUT2D eigenvalue weighted by molar-refractivity contribution is -0.141. The third-order valence-electron chi connectivity index (χ3n) is 1.99. The zero-order chi connectivity index (χ0) is 17.0. The van der Waals surface area contributed by atoms with Gasteiger partial charge in [-0.05, 0) is 6.42 Å². The lowest BCUT2D eigenvalue weighted by atomic mass is 10.1. The predicted molar refractivity (Wildman–Crippen MR) is 75.0 cm³/mol. The van der Waals surface area contributed by atoms with Crippen LogP contribution in [-0.2, 0) is 19.2 Å². The van der Waals surface area contributed by atoms with Gasteiger partial charge >= 0.3 is 17.9 Å². The first kappa shape index (κ1) is 21.4. The average molecular weight is 325 g/mol. The summed E-state index contributed by atoms with van der Waals surface area (Å²) in [6.07, 6.45) is -0.175. The number of thiol groups is 1. The number of carbonyl (C=O) groups is 4. The van der Waals surface area contributed by atoms with Gasteiger partial charge in [-0.15, -0.1) is 0 Å². The minimum absolute atomic E-state index is 0.0357. The van der Waals surface area contributed by atoms with E-state index in [2.05, 4.69) is 23.7 Å². The third kappa shape index (κ3) is 12.9. The van der Waals surface area contributed by atoms with Crippen LogP contribution in [-0.4, -0.2) is 63.5 Å². The zero-order valence-electron chi connectivity index (χ0n) is 11.1. The van der Waals surface area contributed by atoms with Crippen LogP contribution in [0.1, 0.15) is 12.8 Å². The molecule has 0 aliphatic carbocycles. The van der Waals surface area contributed by atoms with Gasteiger partial charge in [0.1, 0.15) is 12.1 Å². The molecule has 0 bridgehead atoms. The summed E-state index contributed by atoms with van der Waals surface area (Å²) in [5.41, 5.74) is 9.75. The van der Waals surface area contributed by atoms with E-state index in [0.29, 0.717) is 0 Å². The summed E-state index contributed by atoms with van der Waals surface area (Å²) in [5, 5.41) is 26.8. The maximum absolute atomic E-state index is 11.2. The topological polar surface area (TPSA) is 193 Å². The molecule has 0 saturated heterocycles. The van der Waals surface area contributed by atoms with E-state index < -0.39 is 35.9 Å². The van der Waals surface area contributed by atoms with Crippen LogP contribution < -0.4 is 16.8 Å². The number of hydrogen-bond donors (Lipinski definition) is 7. The van der Waals surface area contributed by atoms with Crippen LogP contribution in [0.2, 0.25) is 0 Å². The molecule has 8 N–H and O–H groups in total. The molecule has 2 atom stereocenters. The van der Waals surface area contributed by atoms with Gasteiger partial charge < -0.3 is 32.1 Å². The van der Waals surface area contributed by atoms with E-state index in [1.165, 1.54) is 0 Å². The molecule has 0 rings (SSSR count). The number of aliphatic carboxylic acids is 3. The van der Waals surface area contributed by atoms with E-state index in [4.69, 9.17) is 21.1 Å². The van der Waals surface area contributed by atoms with Gasteiger partial charge in [0.25, 0.3) is 0 Å². The third-order valence-corrected chi connectivity index (χ3v) is 2.36. The Bertz CT molecular complexity index is 378. The molecule has 1 amide bonds. The summed E-state index contributed by atoms with van der Waals surface area (Å²) in [5.74, 6) is -3.95. The quantitative estimate of drug-likeness (QED) is 0.240. The van der Waals surface area contributed by atoms with Crippen LogP contribution in [0.25, 0.3) is 0 Å². The minimum Gasteiger partial charge on any atom is -0.480 e. The number of carboxylic acids is 3. The van der Waals surface area contributed by atoms with Crippen molar-refractivity contribution in [2.75, 3.05) is 12.3 Å². The Balaban J connectivity index is 0. The van der Waals surface area contributed by atoms with E-state index in [-0.39, 0.29) is 25.1 Å². The predicted octanol–water partition coefficient (Wildman–Crippen LogP) is -2.29. The number of rotatable bonds is 8. The molecule has 122 valence electrons. The second-order valence-corrected chi connectivity index (χ2v) is 4.09. The van der Waals surface area contributed by atoms with Crippen molar-refractivity contribution in [3.05, 3.63) is 0 Å². The van der Waals surface area contributed by atoms with E-state index in [9.17, 15) is 19.2 Å². The molecule has 0 radical (unpaired) electrons. The van der Waals surface area contributed by atoms with Gasteiger partial charge in [0.05, 0.1) is 6.54 Å². The van der Waals surface area contributed by atoms with E-state index >= 15 is 0 Å². The van der Waals surface area contributed by atoms with Crippen molar-refractivity contribution in [2.24, 2.45) is 11.5 Å². The zero-order valence-corrected chi connectivity index (χ0v) is 12.0. The molecule has 0 aromatic carbocycles. The molecular formula is C10H19N3O7S. The molecule has 11 heteroatoms. The fraction of sp³-hybridized carbons (Fsp3) is 0.600. The normalized spacial score (nSPS) is 12.3. The van der Waals surface area contributed by atoms with Crippen molar-refractivity contribution in [3.8, 4) is 0 Å². The molecule has 0 aromatic heterocycles. The Morgan fingerprint density at radius 2 is 1.57 bits per heavy atom. The monoisotopic (exact) mass is 325 g/mol. The fourth-order valence-electron chi connectivity index (χ4n) is 0.862. The highest BCUT2D eigenvalue weighted by Gasteiger charge is 2.19. The standard InChI is InChI=1S/C8H14N2O5S.C2H5NO2/c9-4(7(12)13)1-2-6(11)10-5(3-16)8(14)15;3-1-2(4)5/h4-5,16H,1-3,9H2,(H,10,11)(H,12,13)(H,14,15);1,3H2,(H,4,5)/t4-,5-;/m0./s1. The van der Waals surface area contributed by atoms with Gasteiger partial charge in [0, 0.05) is 12.2 Å². The highest BCUT2D eigenvalue weighted by Crippen LogP contribution is 1.97. The second-order valence-electron chi connectivity index (χ2n) is 3.72. The van der Waals surface area contributed by atoms with Crippen LogP contribution in [0.3, 0.4) is 0 Å². The first-order chi connectivity index (χ1) is 9.65. The molecule has 0 unspecified atom stereocenters. The van der Waals surface area contributed by atoms with Crippen molar-refractivity contribution >= 4 is 36.4 Å². The molecule has 0 fully saturated rings. The molecule has 0 saturated carbocycles. The highest BCUT2D eigenvalue weighted by atomic mass is 32.1. The van der Waals surface area contributed by atoms with Gasteiger partial charge in [0.15, 0.2) is 0 Å². The molecule has 0 spiro atoms. The maximum Gasteiger partial charge on any atom is 0.327 e. The number of carboxylic acid groups (broad SMARTS) is 3. The lowest BCUT2D eigenvalue weighted by Gasteiger charge is -2.12. The summed E-state index contributed by atoms with van der Waals surface area (Å²) < 4.78 is 0. The van der Waals surface area contributed by atoms with Crippen LogP contribution in [0.15, 0.2) is 0 Å². The molecular weight excluding hydrogens is 306 g/mol. The fourth-order valence-corrected chi connectivity index (χ4v) is 1.11. The summed E-state index contributed by atoms with van der Waals surface area (Å²) in [4.78, 5) is 41.3. The van der Waals surface area contributed by atoms with Crippen molar-refractivity contribution in [2.45, 2.75) is 24.9 Å². The van der Waals surface area contributed by atoms with E-state index in [1.807, 2.05) is 0 Å². The Hall–Kier alpha value is -1.85. The van der Waals surface area contributed by atoms with Gasteiger partial charge in [0.2, 0.25) is 5.91 Å². The van der Waals surface area contributed by atoms with Gasteiger partial charge in [-0.1, -0.05) is 0 Å². The number of amides is 1. The second kappa shape index (κ2) is 11.9. The first-order valence-corrected chi connectivity index (χ1v) is 6.32. The molecule has 10 nitrogen and oxygen atoms in total. The van der Waals surface area contributed by atoms with Crippen LogP contribution in [0.4, 0.5) is 0 Å². The van der Waals surface area contributed by atoms with Crippen LogP contribution in [0.5, 0.6) is 0 Å². The number of carbonyl (C=O) groups excluding carboxylic acids is 1. The maximum atomic E-state index is 11.2. The molecule has 21 heavy (non-hydrogen) atoms. The lowest BCUT2D eigenvalue weighted by Crippen LogP contribution is -2.42. The van der Waals surface area contributed by atoms with Crippen molar-refractivity contribution < 1.29 is 34.5 Å². The first-order valence-electron chi connectivity index (χ1n) is 5.68. The summed E-state index contributed by atoms with van der Waals surface area (Å²) in [6, 6.07) is -2.19. The van der Waals surface area contributed by atoms with Gasteiger partial charge in [-0.2, -0.15) is 12.6 Å². The highest BCUT2D eigenvalue weighted by molar-refractivity contribution is 7.80. The number of nitrogens with one attached hydrogen (secondary N) is 1. The summed E-state index contributed by atoms with van der Waals surface area (Å²) >= 11 is 3.76. The minimum atomic E-state index is -1.20. The van der Waals surface area contributed by atoms with Crippen LogP contribution >= 0.6 is 12.6 Å². The SMILES string of the molecule is NCC(=O)O.N[C@@H](CCC(=O)N[C@@H](CS)C(=O)O)C(=O)O. The molecule has 0 aliphatic heterocycles. The van der Waals surface area contributed by atoms with E-state index in [0.717, 1.165) is 0 Å². The summed E-state index contributed by atoms with van der Waals surface area (Å²) in [7, 11) is 0. The van der Waals surface area contributed by atoms with Gasteiger partial charge in [-0.25, -0.2) is 4.79 Å². The average Bonchev–Trinajstić information content (AvgIpc) is 2.41. The summed E-state index contributed by atoms with van der Waals surface area (Å²) in [6.45, 7) is -0.278. The Kier molecular flexibility index (Phi) is 12.2. The molecule has 0 heterocycles. The Labute approximate surface area is 125 Å². The Morgan fingerprint density at radius 1 is 1.10 bits per heavy atom. The number of hydrogen-bond acceptors (Lipinski definition) is 7.